The number of hydrogen-bond acceptors (Lipinski definition) is 5. The summed E-state index contributed by atoms with van der Waals surface area (Å²) in [7, 11) is 4.26. The number of carbonyl (C=O) groups is 1. The molecule has 0 saturated carbocycles. The molecule has 2 atom stereocenters. The van der Waals surface area contributed by atoms with Crippen LogP contribution in [0.1, 0.15) is 247 Å². The van der Waals surface area contributed by atoms with Gasteiger partial charge in [0.2, 0.25) is 0 Å². The van der Waals surface area contributed by atoms with E-state index in [1.807, 2.05) is 0 Å². The van der Waals surface area contributed by atoms with Gasteiger partial charge in [-0.05, 0) is 96.7 Å². The number of amides is 1. The molecule has 0 aromatic heterocycles. The lowest BCUT2D eigenvalue weighted by molar-refractivity contribution is 0.0772. The highest BCUT2D eigenvalue weighted by atomic mass is 16.6. The summed E-state index contributed by atoms with van der Waals surface area (Å²) in [5.41, 5.74) is 0. The van der Waals surface area contributed by atoms with Crippen molar-refractivity contribution in [2.24, 2.45) is 11.8 Å². The molecule has 342 valence electrons. The monoisotopic (exact) mass is 809 g/mol. The molecule has 0 bridgehead atoms. The minimum atomic E-state index is -0.0743. The third-order valence-corrected chi connectivity index (χ3v) is 12.1. The van der Waals surface area contributed by atoms with Crippen LogP contribution < -0.4 is 0 Å². The Morgan fingerprint density at radius 1 is 0.404 bits per heavy atom. The fraction of sp³-hybridized carbons (Fsp3) is 0.980. The van der Waals surface area contributed by atoms with Crippen LogP contribution in [0.4, 0.5) is 4.79 Å². The Labute approximate surface area is 358 Å². The van der Waals surface area contributed by atoms with Crippen molar-refractivity contribution >= 4 is 6.09 Å². The van der Waals surface area contributed by atoms with Gasteiger partial charge < -0.3 is 24.0 Å². The maximum atomic E-state index is 13.6. The number of hydrogen-bond donors (Lipinski definition) is 0. The largest absolute Gasteiger partial charge is 0.449 e. The van der Waals surface area contributed by atoms with Crippen LogP contribution in [0.3, 0.4) is 0 Å². The van der Waals surface area contributed by atoms with E-state index in [4.69, 9.17) is 14.2 Å². The van der Waals surface area contributed by atoms with Crippen molar-refractivity contribution in [1.82, 2.24) is 9.80 Å². The van der Waals surface area contributed by atoms with E-state index in [0.717, 1.165) is 83.5 Å². The fourth-order valence-corrected chi connectivity index (χ4v) is 8.26. The lowest BCUT2D eigenvalue weighted by atomic mass is 9.96. The Morgan fingerprint density at radius 2 is 0.772 bits per heavy atom. The van der Waals surface area contributed by atoms with Crippen LogP contribution in [0.2, 0.25) is 0 Å². The predicted molar refractivity (Wildman–Crippen MR) is 250 cm³/mol. The molecule has 0 N–H and O–H groups in total. The topological polar surface area (TPSA) is 51.2 Å². The highest BCUT2D eigenvalue weighted by Gasteiger charge is 2.24. The zero-order valence-corrected chi connectivity index (χ0v) is 40.0. The number of carbonyl (C=O) groups excluding carboxylic acids is 1. The smallest absolute Gasteiger partial charge is 0.410 e. The van der Waals surface area contributed by atoms with E-state index in [1.165, 1.54) is 180 Å². The molecule has 0 aliphatic carbocycles. The van der Waals surface area contributed by atoms with Crippen molar-refractivity contribution < 1.29 is 19.0 Å². The second-order valence-corrected chi connectivity index (χ2v) is 18.2. The first-order valence-electron chi connectivity index (χ1n) is 25.7. The highest BCUT2D eigenvalue weighted by molar-refractivity contribution is 5.68. The standard InChI is InChI=1S/C51H104N2O4/c1-8-13-18-27-37-48(35-16-11-4)46-55-43-31-25-21-23-29-39-50(53(42-34-41-52(6)7)51(54)57-45-33-20-15-10-3)40-30-24-22-26-32-44-56-47-49(36-17-12-5)38-28-19-14-9-2/h48-50H,8-47H2,1-7H3. The lowest BCUT2D eigenvalue weighted by Gasteiger charge is -2.32. The maximum absolute atomic E-state index is 13.6. The summed E-state index contributed by atoms with van der Waals surface area (Å²) < 4.78 is 18.4. The summed E-state index contributed by atoms with van der Waals surface area (Å²) >= 11 is 0. The first kappa shape index (κ1) is 56.1. The minimum Gasteiger partial charge on any atom is -0.449 e. The molecule has 0 rings (SSSR count). The van der Waals surface area contributed by atoms with Crippen LogP contribution in [0.5, 0.6) is 0 Å². The van der Waals surface area contributed by atoms with E-state index in [1.54, 1.807) is 0 Å². The second kappa shape index (κ2) is 44.7. The molecule has 1 amide bonds. The predicted octanol–water partition coefficient (Wildman–Crippen LogP) is 15.6. The molecule has 0 aromatic rings. The number of rotatable bonds is 46. The molecule has 57 heavy (non-hydrogen) atoms. The van der Waals surface area contributed by atoms with E-state index < -0.39 is 0 Å². The number of nitrogens with zero attached hydrogens (tertiary/aromatic N) is 2. The van der Waals surface area contributed by atoms with E-state index in [2.05, 4.69) is 58.5 Å². The van der Waals surface area contributed by atoms with E-state index >= 15 is 0 Å². The summed E-state index contributed by atoms with van der Waals surface area (Å²) in [5.74, 6) is 1.50. The lowest BCUT2D eigenvalue weighted by Crippen LogP contribution is -2.42. The van der Waals surface area contributed by atoms with Crippen molar-refractivity contribution in [3.8, 4) is 0 Å². The van der Waals surface area contributed by atoms with Gasteiger partial charge in [0.1, 0.15) is 0 Å². The molecule has 6 heteroatoms. The first-order valence-corrected chi connectivity index (χ1v) is 25.7. The van der Waals surface area contributed by atoms with Gasteiger partial charge in [-0.15, -0.1) is 0 Å². The van der Waals surface area contributed by atoms with Crippen molar-refractivity contribution in [2.45, 2.75) is 253 Å². The normalized spacial score (nSPS) is 13.3. The van der Waals surface area contributed by atoms with E-state index in [-0.39, 0.29) is 12.1 Å². The Hall–Kier alpha value is -0.850. The van der Waals surface area contributed by atoms with Crippen LogP contribution in [0.15, 0.2) is 0 Å². The van der Waals surface area contributed by atoms with Gasteiger partial charge in [0.15, 0.2) is 0 Å². The average Bonchev–Trinajstić information content (AvgIpc) is 3.20. The first-order chi connectivity index (χ1) is 27.9. The number of ether oxygens (including phenoxy) is 3. The molecule has 2 unspecified atom stereocenters. The van der Waals surface area contributed by atoms with E-state index in [0.29, 0.717) is 6.61 Å². The third-order valence-electron chi connectivity index (χ3n) is 12.1. The zero-order chi connectivity index (χ0) is 41.9. The van der Waals surface area contributed by atoms with Crippen LogP contribution in [-0.4, -0.2) is 82.2 Å². The van der Waals surface area contributed by atoms with Gasteiger partial charge in [0, 0.05) is 39.0 Å². The molecule has 0 saturated heterocycles. The summed E-state index contributed by atoms with van der Waals surface area (Å²) in [6.07, 6.45) is 41.3. The SMILES string of the molecule is CCCCCCOC(=O)N(CCCN(C)C)C(CCCCCCCOCC(CCCC)CCCCCC)CCCCCCCOCC(CCCC)CCCCCC. The summed E-state index contributed by atoms with van der Waals surface area (Å²) in [6.45, 7) is 17.5. The maximum Gasteiger partial charge on any atom is 0.410 e. The Balaban J connectivity index is 4.90. The Bertz CT molecular complexity index is 753. The van der Waals surface area contributed by atoms with Crippen LogP contribution in [0.25, 0.3) is 0 Å². The molecule has 0 aliphatic heterocycles. The summed E-state index contributed by atoms with van der Waals surface area (Å²) in [4.78, 5) is 18.0. The molecule has 0 fully saturated rings. The van der Waals surface area contributed by atoms with Gasteiger partial charge in [0.25, 0.3) is 0 Å². The second-order valence-electron chi connectivity index (χ2n) is 18.2. The fourth-order valence-electron chi connectivity index (χ4n) is 8.26. The van der Waals surface area contributed by atoms with Crippen molar-refractivity contribution in [1.29, 1.82) is 0 Å². The minimum absolute atomic E-state index is 0.0743. The summed E-state index contributed by atoms with van der Waals surface area (Å²) in [5, 5.41) is 0. The van der Waals surface area contributed by atoms with Gasteiger partial charge in [-0.1, -0.05) is 182 Å². The van der Waals surface area contributed by atoms with E-state index in [9.17, 15) is 4.79 Å². The van der Waals surface area contributed by atoms with Gasteiger partial charge in [0.05, 0.1) is 6.61 Å². The van der Waals surface area contributed by atoms with Crippen LogP contribution >= 0.6 is 0 Å². The summed E-state index contributed by atoms with van der Waals surface area (Å²) in [6, 6.07) is 0.275. The Morgan fingerprint density at radius 3 is 1.23 bits per heavy atom. The van der Waals surface area contributed by atoms with Crippen molar-refractivity contribution in [3.63, 3.8) is 0 Å². The van der Waals surface area contributed by atoms with Gasteiger partial charge in [-0.25, -0.2) is 4.79 Å². The zero-order valence-electron chi connectivity index (χ0n) is 40.0. The van der Waals surface area contributed by atoms with Crippen molar-refractivity contribution in [3.05, 3.63) is 0 Å². The molecule has 0 radical (unpaired) electrons. The Kier molecular flexibility index (Phi) is 44.0. The number of unbranched alkanes of at least 4 members (excludes halogenated alkanes) is 19. The molecule has 0 aliphatic rings. The molecule has 0 aromatic carbocycles. The van der Waals surface area contributed by atoms with Crippen LogP contribution in [-0.2, 0) is 14.2 Å². The van der Waals surface area contributed by atoms with Gasteiger partial charge in [-0.3, -0.25) is 0 Å². The van der Waals surface area contributed by atoms with Gasteiger partial charge in [-0.2, -0.15) is 0 Å². The quantitative estimate of drug-likeness (QED) is 0.0573. The van der Waals surface area contributed by atoms with Crippen LogP contribution in [0, 0.1) is 11.8 Å². The molecular weight excluding hydrogens is 705 g/mol. The highest BCUT2D eigenvalue weighted by Crippen LogP contribution is 2.22. The molecule has 0 spiro atoms. The third kappa shape index (κ3) is 37.9. The molecular formula is C51H104N2O4. The molecule has 6 nitrogen and oxygen atoms in total. The average molecular weight is 809 g/mol. The van der Waals surface area contributed by atoms with Crippen molar-refractivity contribution in [2.75, 3.05) is 60.2 Å². The van der Waals surface area contributed by atoms with Gasteiger partial charge >= 0.3 is 6.09 Å². The molecule has 0 heterocycles.